The van der Waals surface area contributed by atoms with Crippen molar-refractivity contribution >= 4 is 23.2 Å². The van der Waals surface area contributed by atoms with Crippen LogP contribution in [0.2, 0.25) is 0 Å². The van der Waals surface area contributed by atoms with Gasteiger partial charge in [-0.25, -0.2) is 0 Å². The molecule has 0 unspecified atom stereocenters. The molecule has 96 valence electrons. The molecular weight excluding hydrogens is 232 g/mol. The maximum atomic E-state index is 11.6. The van der Waals surface area contributed by atoms with Gasteiger partial charge in [-0.05, 0) is 25.0 Å². The molecule has 0 spiro atoms. The minimum atomic E-state index is -0.164. The van der Waals surface area contributed by atoms with Crippen LogP contribution in [0.5, 0.6) is 5.75 Å². The predicted molar refractivity (Wildman–Crippen MR) is 68.7 cm³/mol. The van der Waals surface area contributed by atoms with E-state index < -0.39 is 0 Å². The van der Waals surface area contributed by atoms with E-state index in [0.29, 0.717) is 17.1 Å². The van der Waals surface area contributed by atoms with Gasteiger partial charge in [0.2, 0.25) is 11.8 Å². The maximum absolute atomic E-state index is 11.6. The van der Waals surface area contributed by atoms with Crippen molar-refractivity contribution in [3.63, 3.8) is 0 Å². The fourth-order valence-electron chi connectivity index (χ4n) is 1.65. The standard InChI is InChI=1S/C13H16N2O3/c1-8(16)14-11-6-5-10(7-12(11)18-2)15-13(17)9-3-4-9/h5-7,9H,3-4H2,1-2H3,(H,14,16)(H,15,17). The highest BCUT2D eigenvalue weighted by Gasteiger charge is 2.29. The van der Waals surface area contributed by atoms with Crippen LogP contribution >= 0.6 is 0 Å². The van der Waals surface area contributed by atoms with Crippen LogP contribution in [0.1, 0.15) is 19.8 Å². The smallest absolute Gasteiger partial charge is 0.227 e. The van der Waals surface area contributed by atoms with Gasteiger partial charge < -0.3 is 15.4 Å². The molecule has 1 fully saturated rings. The number of hydrogen-bond donors (Lipinski definition) is 2. The zero-order chi connectivity index (χ0) is 13.1. The lowest BCUT2D eigenvalue weighted by atomic mass is 10.2. The number of carbonyl (C=O) groups excluding carboxylic acids is 2. The number of nitrogens with one attached hydrogen (secondary N) is 2. The van der Waals surface area contributed by atoms with Crippen molar-refractivity contribution in [2.45, 2.75) is 19.8 Å². The van der Waals surface area contributed by atoms with Gasteiger partial charge in [-0.2, -0.15) is 0 Å². The molecule has 2 amide bonds. The zero-order valence-electron chi connectivity index (χ0n) is 10.4. The molecule has 1 aliphatic rings. The summed E-state index contributed by atoms with van der Waals surface area (Å²) >= 11 is 0. The molecule has 0 heterocycles. The molecule has 1 aliphatic carbocycles. The molecular formula is C13H16N2O3. The highest BCUT2D eigenvalue weighted by atomic mass is 16.5. The van der Waals surface area contributed by atoms with Crippen molar-refractivity contribution in [2.75, 3.05) is 17.7 Å². The Kier molecular flexibility index (Phi) is 3.50. The molecule has 0 radical (unpaired) electrons. The first-order chi connectivity index (χ1) is 8.60. The molecule has 18 heavy (non-hydrogen) atoms. The van der Waals surface area contributed by atoms with Crippen LogP contribution in [0.4, 0.5) is 11.4 Å². The van der Waals surface area contributed by atoms with E-state index in [1.54, 1.807) is 18.2 Å². The third-order valence-corrected chi connectivity index (χ3v) is 2.73. The monoisotopic (exact) mass is 248 g/mol. The fraction of sp³-hybridized carbons (Fsp3) is 0.385. The van der Waals surface area contributed by atoms with Crippen molar-refractivity contribution in [3.8, 4) is 5.75 Å². The summed E-state index contributed by atoms with van der Waals surface area (Å²) in [6.45, 7) is 1.43. The van der Waals surface area contributed by atoms with E-state index in [2.05, 4.69) is 10.6 Å². The van der Waals surface area contributed by atoms with Crippen molar-refractivity contribution in [1.29, 1.82) is 0 Å². The Morgan fingerprint density at radius 1 is 1.28 bits per heavy atom. The van der Waals surface area contributed by atoms with E-state index in [0.717, 1.165) is 12.8 Å². The van der Waals surface area contributed by atoms with Crippen LogP contribution < -0.4 is 15.4 Å². The fourth-order valence-corrected chi connectivity index (χ4v) is 1.65. The predicted octanol–water partition coefficient (Wildman–Crippen LogP) is 2.00. The molecule has 2 N–H and O–H groups in total. The average Bonchev–Trinajstić information content (AvgIpc) is 3.14. The Bertz CT molecular complexity index is 481. The van der Waals surface area contributed by atoms with Crippen LogP contribution in [0.15, 0.2) is 18.2 Å². The van der Waals surface area contributed by atoms with Crippen molar-refractivity contribution < 1.29 is 14.3 Å². The molecule has 2 rings (SSSR count). The molecule has 0 saturated heterocycles. The summed E-state index contributed by atoms with van der Waals surface area (Å²) in [6.07, 6.45) is 1.93. The minimum Gasteiger partial charge on any atom is -0.494 e. The highest BCUT2D eigenvalue weighted by molar-refractivity contribution is 5.95. The number of hydrogen-bond acceptors (Lipinski definition) is 3. The second-order valence-corrected chi connectivity index (χ2v) is 4.36. The van der Waals surface area contributed by atoms with E-state index in [-0.39, 0.29) is 17.7 Å². The summed E-state index contributed by atoms with van der Waals surface area (Å²) in [7, 11) is 1.52. The van der Waals surface area contributed by atoms with Gasteiger partial charge in [0.15, 0.2) is 0 Å². The van der Waals surface area contributed by atoms with E-state index >= 15 is 0 Å². The van der Waals surface area contributed by atoms with Gasteiger partial charge in [0.05, 0.1) is 12.8 Å². The van der Waals surface area contributed by atoms with Crippen molar-refractivity contribution in [1.82, 2.24) is 0 Å². The van der Waals surface area contributed by atoms with Gasteiger partial charge in [-0.15, -0.1) is 0 Å². The molecule has 0 aliphatic heterocycles. The summed E-state index contributed by atoms with van der Waals surface area (Å²) in [4.78, 5) is 22.6. The van der Waals surface area contributed by atoms with Gasteiger partial charge in [-0.3, -0.25) is 9.59 Å². The van der Waals surface area contributed by atoms with E-state index in [4.69, 9.17) is 4.74 Å². The summed E-state index contributed by atoms with van der Waals surface area (Å²) in [5.74, 6) is 0.567. The van der Waals surface area contributed by atoms with Crippen molar-refractivity contribution in [2.24, 2.45) is 5.92 Å². The van der Waals surface area contributed by atoms with E-state index in [1.165, 1.54) is 14.0 Å². The second kappa shape index (κ2) is 5.08. The molecule has 5 nitrogen and oxygen atoms in total. The van der Waals surface area contributed by atoms with Gasteiger partial charge in [0.1, 0.15) is 5.75 Å². The lowest BCUT2D eigenvalue weighted by Crippen LogP contribution is -2.13. The molecule has 1 aromatic rings. The minimum absolute atomic E-state index is 0.0457. The molecule has 1 saturated carbocycles. The number of ether oxygens (including phenoxy) is 1. The second-order valence-electron chi connectivity index (χ2n) is 4.36. The molecule has 0 bridgehead atoms. The first-order valence-corrected chi connectivity index (χ1v) is 5.86. The first-order valence-electron chi connectivity index (χ1n) is 5.86. The Morgan fingerprint density at radius 2 is 2.00 bits per heavy atom. The summed E-state index contributed by atoms with van der Waals surface area (Å²) in [6, 6.07) is 5.16. The van der Waals surface area contributed by atoms with E-state index in [9.17, 15) is 9.59 Å². The first kappa shape index (κ1) is 12.4. The number of methoxy groups -OCH3 is 1. The Hall–Kier alpha value is -2.04. The average molecular weight is 248 g/mol. The maximum Gasteiger partial charge on any atom is 0.227 e. The van der Waals surface area contributed by atoms with Gasteiger partial charge in [-0.1, -0.05) is 0 Å². The van der Waals surface area contributed by atoms with Crippen molar-refractivity contribution in [3.05, 3.63) is 18.2 Å². The van der Waals surface area contributed by atoms with Crippen LogP contribution in [0, 0.1) is 5.92 Å². The lowest BCUT2D eigenvalue weighted by molar-refractivity contribution is -0.117. The Morgan fingerprint density at radius 3 is 2.56 bits per heavy atom. The van der Waals surface area contributed by atoms with E-state index in [1.807, 2.05) is 0 Å². The molecule has 0 aromatic heterocycles. The number of anilines is 2. The Labute approximate surface area is 106 Å². The van der Waals surface area contributed by atoms with Gasteiger partial charge in [0.25, 0.3) is 0 Å². The third kappa shape index (κ3) is 3.00. The summed E-state index contributed by atoms with van der Waals surface area (Å²) < 4.78 is 5.18. The summed E-state index contributed by atoms with van der Waals surface area (Å²) in [5.41, 5.74) is 1.27. The molecule has 5 heteroatoms. The Balaban J connectivity index is 2.12. The zero-order valence-corrected chi connectivity index (χ0v) is 10.4. The topological polar surface area (TPSA) is 67.4 Å². The third-order valence-electron chi connectivity index (χ3n) is 2.73. The quantitative estimate of drug-likeness (QED) is 0.856. The largest absolute Gasteiger partial charge is 0.494 e. The summed E-state index contributed by atoms with van der Waals surface area (Å²) in [5, 5.41) is 5.49. The normalized spacial score (nSPS) is 13.9. The van der Waals surface area contributed by atoms with Gasteiger partial charge >= 0.3 is 0 Å². The number of carbonyl (C=O) groups is 2. The molecule has 1 aromatic carbocycles. The molecule has 0 atom stereocenters. The van der Waals surface area contributed by atoms with Crippen LogP contribution in [0.3, 0.4) is 0 Å². The highest BCUT2D eigenvalue weighted by Crippen LogP contribution is 2.32. The van der Waals surface area contributed by atoms with Crippen LogP contribution in [-0.4, -0.2) is 18.9 Å². The number of benzene rings is 1. The van der Waals surface area contributed by atoms with Gasteiger partial charge in [0, 0.05) is 24.6 Å². The SMILES string of the molecule is COc1cc(NC(=O)C2CC2)ccc1NC(C)=O. The lowest BCUT2D eigenvalue weighted by Gasteiger charge is -2.11. The number of amides is 2. The van der Waals surface area contributed by atoms with Crippen LogP contribution in [-0.2, 0) is 9.59 Å². The van der Waals surface area contributed by atoms with Crippen LogP contribution in [0.25, 0.3) is 0 Å². The number of rotatable bonds is 4.